The molecule has 29 heavy (non-hydrogen) atoms. The van der Waals surface area contributed by atoms with E-state index in [1.165, 1.54) is 5.56 Å². The summed E-state index contributed by atoms with van der Waals surface area (Å²) in [6, 6.07) is 14.1. The number of ether oxygens (including phenoxy) is 1. The zero-order valence-electron chi connectivity index (χ0n) is 16.5. The molecule has 0 aliphatic heterocycles. The standard InChI is InChI=1S/C22H24N6O/c1-14-17(19-11-16(29-2)7-8-21(19)27-14)9-10-24-22(23)28-26-13-15-12-25-20-6-4-3-5-18(15)20/h3-8,11-13,25,27H,9-10H2,1-2H3,(H3,23,24,28). The van der Waals surface area contributed by atoms with Crippen LogP contribution in [-0.2, 0) is 6.42 Å². The molecule has 0 spiro atoms. The number of benzene rings is 2. The molecule has 4 aromatic rings. The van der Waals surface area contributed by atoms with E-state index in [1.807, 2.05) is 48.7 Å². The second kappa shape index (κ2) is 8.10. The summed E-state index contributed by atoms with van der Waals surface area (Å²) in [5.41, 5.74) is 14.2. The van der Waals surface area contributed by atoms with E-state index >= 15 is 0 Å². The molecular formula is C22H24N6O. The van der Waals surface area contributed by atoms with E-state index in [2.05, 4.69) is 32.4 Å². The molecule has 0 aliphatic rings. The molecule has 0 saturated heterocycles. The molecule has 0 radical (unpaired) electrons. The number of nitrogens with two attached hydrogens (primary N) is 1. The van der Waals surface area contributed by atoms with Crippen LogP contribution >= 0.6 is 0 Å². The summed E-state index contributed by atoms with van der Waals surface area (Å²) < 4.78 is 5.34. The highest BCUT2D eigenvalue weighted by Crippen LogP contribution is 2.26. The van der Waals surface area contributed by atoms with Crippen molar-refractivity contribution in [2.24, 2.45) is 15.8 Å². The number of hydrogen-bond acceptors (Lipinski definition) is 3. The minimum Gasteiger partial charge on any atom is -0.497 e. The van der Waals surface area contributed by atoms with Crippen molar-refractivity contribution in [3.8, 4) is 5.75 Å². The minimum atomic E-state index is 0.288. The third kappa shape index (κ3) is 3.94. The second-order valence-corrected chi connectivity index (χ2v) is 6.82. The molecule has 0 aliphatic carbocycles. The van der Waals surface area contributed by atoms with E-state index in [4.69, 9.17) is 10.5 Å². The summed E-state index contributed by atoms with van der Waals surface area (Å²) in [7, 11) is 1.67. The number of guanidine groups is 1. The van der Waals surface area contributed by atoms with Crippen LogP contribution in [0, 0.1) is 6.92 Å². The number of hydrazone groups is 1. The van der Waals surface area contributed by atoms with Gasteiger partial charge in [0.25, 0.3) is 0 Å². The largest absolute Gasteiger partial charge is 0.497 e. The summed E-state index contributed by atoms with van der Waals surface area (Å²) in [6.45, 7) is 2.63. The SMILES string of the molecule is COc1ccc2[nH]c(C)c(CCN=C(N)NN=Cc3c[nH]c4ccccc34)c2c1. The van der Waals surface area contributed by atoms with Crippen molar-refractivity contribution in [2.45, 2.75) is 13.3 Å². The van der Waals surface area contributed by atoms with Gasteiger partial charge in [-0.05, 0) is 43.2 Å². The fraction of sp³-hybridized carbons (Fsp3) is 0.182. The number of H-pyrrole nitrogens is 2. The van der Waals surface area contributed by atoms with Gasteiger partial charge in [-0.25, -0.2) is 5.43 Å². The molecular weight excluding hydrogens is 364 g/mol. The van der Waals surface area contributed by atoms with Gasteiger partial charge in [0.2, 0.25) is 5.96 Å². The number of methoxy groups -OCH3 is 1. The molecule has 0 fully saturated rings. The van der Waals surface area contributed by atoms with E-state index in [0.29, 0.717) is 6.54 Å². The lowest BCUT2D eigenvalue weighted by atomic mass is 10.1. The van der Waals surface area contributed by atoms with E-state index in [-0.39, 0.29) is 5.96 Å². The molecule has 0 atom stereocenters. The summed E-state index contributed by atoms with van der Waals surface area (Å²) in [5, 5.41) is 6.46. The number of para-hydroxylation sites is 1. The molecule has 5 N–H and O–H groups in total. The van der Waals surface area contributed by atoms with Crippen LogP contribution in [0.3, 0.4) is 0 Å². The fourth-order valence-corrected chi connectivity index (χ4v) is 3.50. The van der Waals surface area contributed by atoms with Crippen LogP contribution in [-0.4, -0.2) is 35.8 Å². The van der Waals surface area contributed by atoms with Crippen molar-refractivity contribution >= 4 is 34.0 Å². The van der Waals surface area contributed by atoms with Gasteiger partial charge >= 0.3 is 0 Å². The van der Waals surface area contributed by atoms with E-state index < -0.39 is 0 Å². The highest BCUT2D eigenvalue weighted by molar-refractivity contribution is 5.99. The molecule has 4 rings (SSSR count). The van der Waals surface area contributed by atoms with Crippen LogP contribution in [0.4, 0.5) is 0 Å². The highest BCUT2D eigenvalue weighted by atomic mass is 16.5. The van der Waals surface area contributed by atoms with Crippen LogP contribution in [0.1, 0.15) is 16.8 Å². The maximum absolute atomic E-state index is 5.95. The van der Waals surface area contributed by atoms with Crippen molar-refractivity contribution in [3.05, 3.63) is 65.5 Å². The van der Waals surface area contributed by atoms with E-state index in [9.17, 15) is 0 Å². The average Bonchev–Trinajstić information content (AvgIpc) is 3.28. The second-order valence-electron chi connectivity index (χ2n) is 6.82. The Morgan fingerprint density at radius 1 is 1.17 bits per heavy atom. The number of hydrogen-bond donors (Lipinski definition) is 4. The Hall–Kier alpha value is -3.74. The van der Waals surface area contributed by atoms with Gasteiger partial charge in [-0.2, -0.15) is 5.10 Å². The van der Waals surface area contributed by atoms with Crippen LogP contribution in [0.15, 0.2) is 58.8 Å². The average molecular weight is 388 g/mol. The summed E-state index contributed by atoms with van der Waals surface area (Å²) in [5.74, 6) is 1.13. The monoisotopic (exact) mass is 388 g/mol. The van der Waals surface area contributed by atoms with Crippen molar-refractivity contribution in [1.82, 2.24) is 15.4 Å². The third-order valence-corrected chi connectivity index (χ3v) is 4.97. The van der Waals surface area contributed by atoms with Crippen LogP contribution in [0.2, 0.25) is 0 Å². The Kier molecular flexibility index (Phi) is 5.20. The highest BCUT2D eigenvalue weighted by Gasteiger charge is 2.09. The van der Waals surface area contributed by atoms with E-state index in [1.54, 1.807) is 13.3 Å². The van der Waals surface area contributed by atoms with Crippen molar-refractivity contribution in [2.75, 3.05) is 13.7 Å². The molecule has 0 unspecified atom stereocenters. The number of fused-ring (bicyclic) bond motifs is 2. The van der Waals surface area contributed by atoms with Gasteiger partial charge in [-0.3, -0.25) is 4.99 Å². The Balaban J connectivity index is 1.39. The molecule has 0 bridgehead atoms. The van der Waals surface area contributed by atoms with Gasteiger partial charge in [-0.1, -0.05) is 18.2 Å². The van der Waals surface area contributed by atoms with Crippen LogP contribution < -0.4 is 15.9 Å². The van der Waals surface area contributed by atoms with Gasteiger partial charge in [0.05, 0.1) is 13.3 Å². The first-order valence-electron chi connectivity index (χ1n) is 9.46. The lowest BCUT2D eigenvalue weighted by molar-refractivity contribution is 0.415. The van der Waals surface area contributed by atoms with Gasteiger partial charge in [-0.15, -0.1) is 0 Å². The van der Waals surface area contributed by atoms with Crippen molar-refractivity contribution in [1.29, 1.82) is 0 Å². The third-order valence-electron chi connectivity index (χ3n) is 4.97. The number of aliphatic imine (C=N–C) groups is 1. The Morgan fingerprint density at radius 3 is 2.90 bits per heavy atom. The quantitative estimate of drug-likeness (QED) is 0.231. The normalized spacial score (nSPS) is 12.3. The molecule has 2 aromatic heterocycles. The molecule has 7 nitrogen and oxygen atoms in total. The molecule has 148 valence electrons. The number of rotatable bonds is 6. The predicted molar refractivity (Wildman–Crippen MR) is 119 cm³/mol. The first-order valence-corrected chi connectivity index (χ1v) is 9.46. The Morgan fingerprint density at radius 2 is 2.03 bits per heavy atom. The molecule has 0 saturated carbocycles. The summed E-state index contributed by atoms with van der Waals surface area (Å²) >= 11 is 0. The number of aromatic nitrogens is 2. The smallest absolute Gasteiger partial charge is 0.209 e. The first-order chi connectivity index (χ1) is 14.2. The van der Waals surface area contributed by atoms with Gasteiger partial charge < -0.3 is 20.4 Å². The topological polar surface area (TPSA) is 104 Å². The fourth-order valence-electron chi connectivity index (χ4n) is 3.50. The lowest BCUT2D eigenvalue weighted by Crippen LogP contribution is -2.27. The maximum Gasteiger partial charge on any atom is 0.209 e. The number of aromatic amines is 2. The number of nitrogens with one attached hydrogen (secondary N) is 3. The maximum atomic E-state index is 5.95. The first kappa shape index (κ1) is 18.6. The van der Waals surface area contributed by atoms with Crippen molar-refractivity contribution < 1.29 is 4.74 Å². The molecule has 2 aromatic carbocycles. The Bertz CT molecular complexity index is 1200. The van der Waals surface area contributed by atoms with Gasteiger partial charge in [0.1, 0.15) is 5.75 Å². The zero-order valence-corrected chi connectivity index (χ0v) is 16.5. The van der Waals surface area contributed by atoms with Crippen LogP contribution in [0.25, 0.3) is 21.8 Å². The van der Waals surface area contributed by atoms with Crippen molar-refractivity contribution in [3.63, 3.8) is 0 Å². The molecule has 2 heterocycles. The molecule has 0 amide bonds. The van der Waals surface area contributed by atoms with Gasteiger partial charge in [0.15, 0.2) is 0 Å². The number of aryl methyl sites for hydroxylation is 1. The Labute approximate surface area is 168 Å². The number of nitrogens with zero attached hydrogens (tertiary/aromatic N) is 2. The van der Waals surface area contributed by atoms with E-state index in [0.717, 1.165) is 45.2 Å². The molecule has 7 heteroatoms. The lowest BCUT2D eigenvalue weighted by Gasteiger charge is -2.03. The predicted octanol–water partition coefficient (Wildman–Crippen LogP) is 3.45. The minimum absolute atomic E-state index is 0.288. The zero-order chi connectivity index (χ0) is 20.2. The van der Waals surface area contributed by atoms with Gasteiger partial charge in [0, 0.05) is 45.8 Å². The summed E-state index contributed by atoms with van der Waals surface area (Å²) in [4.78, 5) is 11.0. The summed E-state index contributed by atoms with van der Waals surface area (Å²) in [6.07, 6.45) is 4.42. The van der Waals surface area contributed by atoms with Crippen LogP contribution in [0.5, 0.6) is 5.75 Å².